The third-order valence-electron chi connectivity index (χ3n) is 2.38. The summed E-state index contributed by atoms with van der Waals surface area (Å²) in [5.41, 5.74) is -1.21. The first kappa shape index (κ1) is 15.9. The van der Waals surface area contributed by atoms with Crippen molar-refractivity contribution in [2.75, 3.05) is 0 Å². The van der Waals surface area contributed by atoms with Gasteiger partial charge in [-0.1, -0.05) is 0 Å². The average molecular weight is 295 g/mol. The first-order chi connectivity index (χ1) is 9.16. The minimum absolute atomic E-state index is 0.0873. The van der Waals surface area contributed by atoms with Crippen LogP contribution in [0.4, 0.5) is 17.6 Å². The Hall–Kier alpha value is -2.16. The van der Waals surface area contributed by atoms with Crippen LogP contribution in [0.2, 0.25) is 0 Å². The van der Waals surface area contributed by atoms with E-state index in [1.807, 2.05) is 0 Å². The van der Waals surface area contributed by atoms with E-state index in [1.54, 1.807) is 5.32 Å². The van der Waals surface area contributed by atoms with Gasteiger partial charge in [0.2, 0.25) is 0 Å². The number of amides is 1. The zero-order valence-corrected chi connectivity index (χ0v) is 9.95. The average Bonchev–Trinajstić information content (AvgIpc) is 2.36. The Kier molecular flexibility index (Phi) is 4.66. The molecular weight excluding hydrogens is 286 g/mol. The quantitative estimate of drug-likeness (QED) is 0.436. The molecule has 0 unspecified atom stereocenters. The summed E-state index contributed by atoms with van der Waals surface area (Å²) >= 11 is 0. The van der Waals surface area contributed by atoms with Crippen molar-refractivity contribution in [1.29, 1.82) is 0 Å². The lowest BCUT2D eigenvalue weighted by molar-refractivity contribution is -0.141. The van der Waals surface area contributed by atoms with Crippen LogP contribution in [-0.2, 0) is 4.79 Å². The number of carboxylic acids is 1. The Bertz CT molecular complexity index is 562. The maximum atomic E-state index is 13.3. The zero-order chi connectivity index (χ0) is 15.6. The van der Waals surface area contributed by atoms with Gasteiger partial charge in [-0.15, -0.1) is 0 Å². The van der Waals surface area contributed by atoms with E-state index in [0.29, 0.717) is 0 Å². The lowest BCUT2D eigenvalue weighted by Gasteiger charge is -2.17. The molecule has 0 bridgehead atoms. The first-order valence-corrected chi connectivity index (χ1v) is 5.21. The molecule has 2 atom stereocenters. The third-order valence-corrected chi connectivity index (χ3v) is 2.38. The molecule has 3 N–H and O–H groups in total. The number of rotatable bonds is 4. The summed E-state index contributed by atoms with van der Waals surface area (Å²) < 4.78 is 51.8. The SMILES string of the molecule is C[C@@H](O)[C@H](NC(=O)c1cc(F)c(F)c(F)c1F)C(=O)O. The lowest BCUT2D eigenvalue weighted by Crippen LogP contribution is -2.47. The molecule has 0 aromatic heterocycles. The number of carboxylic acid groups (broad SMARTS) is 1. The molecule has 0 heterocycles. The van der Waals surface area contributed by atoms with Crippen LogP contribution in [0, 0.1) is 23.3 Å². The van der Waals surface area contributed by atoms with E-state index in [1.165, 1.54) is 0 Å². The van der Waals surface area contributed by atoms with Gasteiger partial charge in [0.15, 0.2) is 29.3 Å². The normalized spacial score (nSPS) is 13.7. The summed E-state index contributed by atoms with van der Waals surface area (Å²) in [6.45, 7) is 1.03. The maximum absolute atomic E-state index is 13.3. The summed E-state index contributed by atoms with van der Waals surface area (Å²) in [7, 11) is 0. The van der Waals surface area contributed by atoms with Crippen LogP contribution in [0.3, 0.4) is 0 Å². The van der Waals surface area contributed by atoms with Crippen molar-refractivity contribution in [2.45, 2.75) is 19.1 Å². The molecule has 1 amide bonds. The Morgan fingerprint density at radius 2 is 1.70 bits per heavy atom. The maximum Gasteiger partial charge on any atom is 0.328 e. The van der Waals surface area contributed by atoms with Gasteiger partial charge < -0.3 is 15.5 Å². The van der Waals surface area contributed by atoms with Crippen LogP contribution in [0.15, 0.2) is 6.07 Å². The molecule has 0 aliphatic heterocycles. The second kappa shape index (κ2) is 5.87. The summed E-state index contributed by atoms with van der Waals surface area (Å²) in [4.78, 5) is 22.2. The molecular formula is C11H9F4NO4. The summed E-state index contributed by atoms with van der Waals surface area (Å²) in [6.07, 6.45) is -1.55. The van der Waals surface area contributed by atoms with E-state index in [4.69, 9.17) is 10.2 Å². The predicted molar refractivity (Wildman–Crippen MR) is 56.8 cm³/mol. The number of benzene rings is 1. The molecule has 20 heavy (non-hydrogen) atoms. The number of hydrogen-bond acceptors (Lipinski definition) is 3. The number of aliphatic hydroxyl groups excluding tert-OH is 1. The highest BCUT2D eigenvalue weighted by molar-refractivity contribution is 5.97. The van der Waals surface area contributed by atoms with Gasteiger partial charge >= 0.3 is 5.97 Å². The smallest absolute Gasteiger partial charge is 0.328 e. The van der Waals surface area contributed by atoms with Gasteiger partial charge in [-0.25, -0.2) is 22.4 Å². The molecule has 0 saturated heterocycles. The van der Waals surface area contributed by atoms with Gasteiger partial charge in [-0.3, -0.25) is 4.79 Å². The van der Waals surface area contributed by atoms with Gasteiger partial charge in [-0.2, -0.15) is 0 Å². The van der Waals surface area contributed by atoms with Crippen molar-refractivity contribution in [2.24, 2.45) is 0 Å². The lowest BCUT2D eigenvalue weighted by atomic mass is 10.1. The van der Waals surface area contributed by atoms with E-state index >= 15 is 0 Å². The third kappa shape index (κ3) is 3.05. The van der Waals surface area contributed by atoms with Gasteiger partial charge in [0.05, 0.1) is 11.7 Å². The molecule has 1 rings (SSSR count). The van der Waals surface area contributed by atoms with E-state index in [-0.39, 0.29) is 6.07 Å². The molecule has 9 heteroatoms. The van der Waals surface area contributed by atoms with Crippen LogP contribution in [-0.4, -0.2) is 34.2 Å². The molecule has 0 fully saturated rings. The fourth-order valence-electron chi connectivity index (χ4n) is 1.35. The summed E-state index contributed by atoms with van der Waals surface area (Å²) in [5, 5.41) is 19.5. The first-order valence-electron chi connectivity index (χ1n) is 5.21. The molecule has 5 nitrogen and oxygen atoms in total. The number of aliphatic carboxylic acids is 1. The van der Waals surface area contributed by atoms with Crippen LogP contribution >= 0.6 is 0 Å². The van der Waals surface area contributed by atoms with Crippen molar-refractivity contribution in [3.63, 3.8) is 0 Å². The molecule has 0 aliphatic rings. The Labute approximate surface area is 109 Å². The van der Waals surface area contributed by atoms with Gasteiger partial charge in [0.1, 0.15) is 0 Å². The van der Waals surface area contributed by atoms with E-state index < -0.39 is 52.9 Å². The molecule has 0 aliphatic carbocycles. The monoisotopic (exact) mass is 295 g/mol. The fourth-order valence-corrected chi connectivity index (χ4v) is 1.35. The number of carbonyl (C=O) groups is 2. The van der Waals surface area contributed by atoms with Crippen LogP contribution in [0.5, 0.6) is 0 Å². The molecule has 110 valence electrons. The highest BCUT2D eigenvalue weighted by atomic mass is 19.2. The van der Waals surface area contributed by atoms with Gasteiger partial charge in [0.25, 0.3) is 5.91 Å². The minimum atomic E-state index is -2.20. The van der Waals surface area contributed by atoms with Crippen LogP contribution in [0.25, 0.3) is 0 Å². The predicted octanol–water partition coefficient (Wildman–Crippen LogP) is 0.807. The van der Waals surface area contributed by atoms with E-state index in [0.717, 1.165) is 6.92 Å². The topological polar surface area (TPSA) is 86.6 Å². The van der Waals surface area contributed by atoms with Gasteiger partial charge in [-0.05, 0) is 13.0 Å². The molecule has 0 radical (unpaired) electrons. The number of hydrogen-bond donors (Lipinski definition) is 3. The number of carbonyl (C=O) groups excluding carboxylic acids is 1. The highest BCUT2D eigenvalue weighted by Gasteiger charge is 2.29. The van der Waals surface area contributed by atoms with Crippen molar-refractivity contribution in [1.82, 2.24) is 5.32 Å². The molecule has 1 aromatic carbocycles. The van der Waals surface area contributed by atoms with Crippen LogP contribution in [0.1, 0.15) is 17.3 Å². The molecule has 1 aromatic rings. The van der Waals surface area contributed by atoms with Crippen molar-refractivity contribution < 1.29 is 37.4 Å². The van der Waals surface area contributed by atoms with Crippen molar-refractivity contribution in [3.05, 3.63) is 34.9 Å². The van der Waals surface area contributed by atoms with E-state index in [2.05, 4.69) is 0 Å². The van der Waals surface area contributed by atoms with Crippen molar-refractivity contribution >= 4 is 11.9 Å². The summed E-state index contributed by atoms with van der Waals surface area (Å²) in [6, 6.07) is -1.73. The standard InChI is InChI=1S/C11H9F4NO4/c1-3(17)9(11(19)20)16-10(18)4-2-5(12)7(14)8(15)6(4)13/h2-3,9,17H,1H3,(H,16,18)(H,19,20)/t3-,9+/m1/s1. The van der Waals surface area contributed by atoms with Crippen LogP contribution < -0.4 is 5.32 Å². The Morgan fingerprint density at radius 1 is 1.15 bits per heavy atom. The van der Waals surface area contributed by atoms with Gasteiger partial charge in [0, 0.05) is 0 Å². The Morgan fingerprint density at radius 3 is 2.15 bits per heavy atom. The highest BCUT2D eigenvalue weighted by Crippen LogP contribution is 2.18. The zero-order valence-electron chi connectivity index (χ0n) is 9.95. The van der Waals surface area contributed by atoms with Crippen molar-refractivity contribution in [3.8, 4) is 0 Å². The Balaban J connectivity index is 3.13. The molecule has 0 spiro atoms. The molecule has 0 saturated carbocycles. The number of nitrogens with one attached hydrogen (secondary N) is 1. The van der Waals surface area contributed by atoms with E-state index in [9.17, 15) is 27.2 Å². The second-order valence-electron chi connectivity index (χ2n) is 3.88. The summed E-state index contributed by atoms with van der Waals surface area (Å²) in [5.74, 6) is -11.2. The number of aliphatic hydroxyl groups is 1. The number of halogens is 4. The second-order valence-corrected chi connectivity index (χ2v) is 3.88. The fraction of sp³-hybridized carbons (Fsp3) is 0.273. The largest absolute Gasteiger partial charge is 0.480 e. The minimum Gasteiger partial charge on any atom is -0.480 e.